The van der Waals surface area contributed by atoms with Gasteiger partial charge in [-0.05, 0) is 74.3 Å². The quantitative estimate of drug-likeness (QED) is 0.711. The lowest BCUT2D eigenvalue weighted by Crippen LogP contribution is -2.20. The molecule has 3 heteroatoms. The molecular formula is C18H22BrNS. The van der Waals surface area contributed by atoms with Gasteiger partial charge in [0.15, 0.2) is 0 Å². The Hall–Kier alpha value is -0.770. The second kappa shape index (κ2) is 7.48. The Balaban J connectivity index is 2.13. The molecule has 0 saturated carbocycles. The lowest BCUT2D eigenvalue weighted by Gasteiger charge is -2.20. The summed E-state index contributed by atoms with van der Waals surface area (Å²) in [5.41, 5.74) is 5.51. The number of hydrogen-bond acceptors (Lipinski definition) is 2. The molecule has 0 fully saturated rings. The standard InChI is InChI=1S/C18H22BrNS/c1-12-9-14(3)17(10-13(12)2)18(20-4)11-21-16-7-5-15(19)6-8-16/h5-10,18,20H,11H2,1-4H3. The van der Waals surface area contributed by atoms with Gasteiger partial charge in [0.1, 0.15) is 0 Å². The molecule has 2 aromatic rings. The number of thioether (sulfide) groups is 1. The van der Waals surface area contributed by atoms with Crippen LogP contribution in [0.4, 0.5) is 0 Å². The third kappa shape index (κ3) is 4.35. The van der Waals surface area contributed by atoms with Gasteiger partial charge in [0, 0.05) is 21.2 Å². The summed E-state index contributed by atoms with van der Waals surface area (Å²) in [4.78, 5) is 1.31. The van der Waals surface area contributed by atoms with E-state index in [1.165, 1.54) is 27.1 Å². The van der Waals surface area contributed by atoms with Crippen LogP contribution in [-0.2, 0) is 0 Å². The molecule has 2 aromatic carbocycles. The van der Waals surface area contributed by atoms with E-state index < -0.39 is 0 Å². The van der Waals surface area contributed by atoms with Gasteiger partial charge in [-0.3, -0.25) is 0 Å². The first-order chi connectivity index (χ1) is 10.0. The zero-order chi connectivity index (χ0) is 15.4. The zero-order valence-electron chi connectivity index (χ0n) is 13.0. The molecule has 0 bridgehead atoms. The Morgan fingerprint density at radius 2 is 1.62 bits per heavy atom. The number of hydrogen-bond donors (Lipinski definition) is 1. The summed E-state index contributed by atoms with van der Waals surface area (Å²) in [5, 5.41) is 3.46. The fraction of sp³-hybridized carbons (Fsp3) is 0.333. The smallest absolute Gasteiger partial charge is 0.0415 e. The molecule has 0 saturated heterocycles. The van der Waals surface area contributed by atoms with E-state index in [1.807, 2.05) is 18.8 Å². The maximum Gasteiger partial charge on any atom is 0.0415 e. The maximum absolute atomic E-state index is 3.48. The molecule has 0 aliphatic rings. The van der Waals surface area contributed by atoms with Crippen LogP contribution in [0.15, 0.2) is 45.8 Å². The molecule has 0 radical (unpaired) electrons. The predicted octanol–water partition coefficient (Wildman–Crippen LogP) is 5.43. The van der Waals surface area contributed by atoms with E-state index in [-0.39, 0.29) is 0 Å². The molecule has 2 rings (SSSR count). The van der Waals surface area contributed by atoms with Crippen molar-refractivity contribution in [3.05, 3.63) is 63.1 Å². The summed E-state index contributed by atoms with van der Waals surface area (Å²) < 4.78 is 1.13. The van der Waals surface area contributed by atoms with E-state index in [9.17, 15) is 0 Å². The second-order valence-electron chi connectivity index (χ2n) is 5.40. The van der Waals surface area contributed by atoms with Crippen LogP contribution >= 0.6 is 27.7 Å². The van der Waals surface area contributed by atoms with Crippen molar-refractivity contribution in [1.82, 2.24) is 5.32 Å². The van der Waals surface area contributed by atoms with Crippen molar-refractivity contribution in [2.75, 3.05) is 12.8 Å². The van der Waals surface area contributed by atoms with Crippen molar-refractivity contribution < 1.29 is 0 Å². The normalized spacial score (nSPS) is 12.4. The van der Waals surface area contributed by atoms with Crippen LogP contribution in [0.1, 0.15) is 28.3 Å². The van der Waals surface area contributed by atoms with E-state index in [0.717, 1.165) is 10.2 Å². The van der Waals surface area contributed by atoms with E-state index in [1.54, 1.807) is 0 Å². The van der Waals surface area contributed by atoms with Crippen LogP contribution in [0.3, 0.4) is 0 Å². The summed E-state index contributed by atoms with van der Waals surface area (Å²) in [6.07, 6.45) is 0. The Morgan fingerprint density at radius 3 is 2.24 bits per heavy atom. The molecule has 0 spiro atoms. The average molecular weight is 364 g/mol. The Kier molecular flexibility index (Phi) is 5.91. The van der Waals surface area contributed by atoms with E-state index >= 15 is 0 Å². The molecule has 0 heterocycles. The topological polar surface area (TPSA) is 12.0 Å². The van der Waals surface area contributed by atoms with Gasteiger partial charge in [-0.1, -0.05) is 28.1 Å². The third-order valence-corrected chi connectivity index (χ3v) is 5.47. The third-order valence-electron chi connectivity index (χ3n) is 3.84. The molecule has 0 aromatic heterocycles. The van der Waals surface area contributed by atoms with Crippen LogP contribution < -0.4 is 5.32 Å². The minimum absolute atomic E-state index is 0.373. The van der Waals surface area contributed by atoms with Crippen molar-refractivity contribution in [3.63, 3.8) is 0 Å². The number of aryl methyl sites for hydroxylation is 3. The van der Waals surface area contributed by atoms with Crippen molar-refractivity contribution in [3.8, 4) is 0 Å². The van der Waals surface area contributed by atoms with Crippen LogP contribution in [0.2, 0.25) is 0 Å². The van der Waals surface area contributed by atoms with Gasteiger partial charge in [0.25, 0.3) is 0 Å². The zero-order valence-corrected chi connectivity index (χ0v) is 15.4. The SMILES string of the molecule is CNC(CSc1ccc(Br)cc1)c1cc(C)c(C)cc1C. The van der Waals surface area contributed by atoms with E-state index in [4.69, 9.17) is 0 Å². The molecule has 1 unspecified atom stereocenters. The van der Waals surface area contributed by atoms with Gasteiger partial charge in [0.05, 0.1) is 0 Å². The molecular weight excluding hydrogens is 342 g/mol. The Bertz CT molecular complexity index is 607. The summed E-state index contributed by atoms with van der Waals surface area (Å²) in [7, 11) is 2.04. The maximum atomic E-state index is 3.48. The summed E-state index contributed by atoms with van der Waals surface area (Å²) in [6, 6.07) is 13.5. The molecule has 0 aliphatic carbocycles. The first-order valence-electron chi connectivity index (χ1n) is 7.14. The lowest BCUT2D eigenvalue weighted by molar-refractivity contribution is 0.657. The average Bonchev–Trinajstić information content (AvgIpc) is 2.46. The highest BCUT2D eigenvalue weighted by molar-refractivity contribution is 9.10. The second-order valence-corrected chi connectivity index (χ2v) is 7.41. The number of halogens is 1. The van der Waals surface area contributed by atoms with Crippen molar-refractivity contribution in [2.24, 2.45) is 0 Å². The Labute approximate surface area is 140 Å². The van der Waals surface area contributed by atoms with Gasteiger partial charge in [-0.25, -0.2) is 0 Å². The highest BCUT2D eigenvalue weighted by atomic mass is 79.9. The van der Waals surface area contributed by atoms with Crippen molar-refractivity contribution >= 4 is 27.7 Å². The highest BCUT2D eigenvalue weighted by Crippen LogP contribution is 2.28. The fourth-order valence-electron chi connectivity index (χ4n) is 2.40. The molecule has 0 amide bonds. The molecule has 1 atom stereocenters. The van der Waals surface area contributed by atoms with Crippen molar-refractivity contribution in [1.29, 1.82) is 0 Å². The Morgan fingerprint density at radius 1 is 1.00 bits per heavy atom. The van der Waals surface area contributed by atoms with Gasteiger partial charge in [0.2, 0.25) is 0 Å². The highest BCUT2D eigenvalue weighted by Gasteiger charge is 2.13. The molecule has 112 valence electrons. The number of benzene rings is 2. The van der Waals surface area contributed by atoms with Crippen LogP contribution in [0, 0.1) is 20.8 Å². The van der Waals surface area contributed by atoms with Gasteiger partial charge >= 0.3 is 0 Å². The monoisotopic (exact) mass is 363 g/mol. The number of rotatable bonds is 5. The van der Waals surface area contributed by atoms with Gasteiger partial charge < -0.3 is 5.32 Å². The first kappa shape index (κ1) is 16.6. The predicted molar refractivity (Wildman–Crippen MR) is 97.3 cm³/mol. The van der Waals surface area contributed by atoms with Crippen molar-refractivity contribution in [2.45, 2.75) is 31.7 Å². The lowest BCUT2D eigenvalue weighted by atomic mass is 9.96. The number of nitrogens with one attached hydrogen (secondary N) is 1. The molecule has 21 heavy (non-hydrogen) atoms. The van der Waals surface area contributed by atoms with Crippen LogP contribution in [-0.4, -0.2) is 12.8 Å². The molecule has 0 aliphatic heterocycles. The molecule has 1 N–H and O–H groups in total. The largest absolute Gasteiger partial charge is 0.312 e. The van der Waals surface area contributed by atoms with Gasteiger partial charge in [-0.15, -0.1) is 11.8 Å². The summed E-state index contributed by atoms with van der Waals surface area (Å²) in [5.74, 6) is 1.03. The van der Waals surface area contributed by atoms with Crippen LogP contribution in [0.25, 0.3) is 0 Å². The minimum atomic E-state index is 0.373. The van der Waals surface area contributed by atoms with E-state index in [0.29, 0.717) is 6.04 Å². The van der Waals surface area contributed by atoms with Gasteiger partial charge in [-0.2, -0.15) is 0 Å². The van der Waals surface area contributed by atoms with E-state index in [2.05, 4.69) is 78.4 Å². The minimum Gasteiger partial charge on any atom is -0.312 e. The first-order valence-corrected chi connectivity index (χ1v) is 8.92. The summed E-state index contributed by atoms with van der Waals surface area (Å²) in [6.45, 7) is 6.57. The fourth-order valence-corrected chi connectivity index (χ4v) is 3.70. The summed E-state index contributed by atoms with van der Waals surface area (Å²) >= 11 is 5.37. The van der Waals surface area contributed by atoms with Crippen LogP contribution in [0.5, 0.6) is 0 Å². The molecule has 1 nitrogen and oxygen atoms in total.